The van der Waals surface area contributed by atoms with Gasteiger partial charge in [-0.25, -0.2) is 0 Å². The van der Waals surface area contributed by atoms with Crippen LogP contribution in [0.15, 0.2) is 30.3 Å². The minimum Gasteiger partial charge on any atom is -0.336 e. The summed E-state index contributed by atoms with van der Waals surface area (Å²) in [6, 6.07) is 10.8. The average Bonchev–Trinajstić information content (AvgIpc) is 2.98. The molecule has 0 aromatic heterocycles. The Morgan fingerprint density at radius 3 is 2.70 bits per heavy atom. The van der Waals surface area contributed by atoms with Crippen molar-refractivity contribution in [2.75, 3.05) is 25.4 Å². The molecule has 2 heterocycles. The lowest BCUT2D eigenvalue weighted by Crippen LogP contribution is -2.47. The van der Waals surface area contributed by atoms with Crippen molar-refractivity contribution in [2.24, 2.45) is 5.92 Å². The Labute approximate surface area is 142 Å². The number of nitrogens with zero attached hydrogens (tertiary/aromatic N) is 1. The van der Waals surface area contributed by atoms with Crippen LogP contribution in [-0.4, -0.2) is 47.5 Å². The van der Waals surface area contributed by atoms with Crippen molar-refractivity contribution in [3.8, 4) is 0 Å². The minimum absolute atomic E-state index is 0.199. The first-order valence-corrected chi connectivity index (χ1v) is 9.80. The molecule has 1 unspecified atom stereocenters. The third-order valence-electron chi connectivity index (χ3n) is 5.28. The molecule has 2 aliphatic heterocycles. The van der Waals surface area contributed by atoms with Crippen LogP contribution in [0, 0.1) is 5.92 Å². The number of benzene rings is 1. The summed E-state index contributed by atoms with van der Waals surface area (Å²) in [5, 5.41) is 0.633. The Balaban J connectivity index is 1.44. The fourth-order valence-corrected chi connectivity index (χ4v) is 5.11. The molecule has 3 fully saturated rings. The van der Waals surface area contributed by atoms with Crippen LogP contribution in [0.5, 0.6) is 0 Å². The zero-order chi connectivity index (χ0) is 15.6. The topological polar surface area (TPSA) is 44.4 Å². The predicted molar refractivity (Wildman–Crippen MR) is 94.3 cm³/mol. The molecule has 1 saturated carbocycles. The Hall–Kier alpha value is -1.04. The number of amides is 1. The number of carbonyl (C=O) groups excluding carboxylic acids is 1. The van der Waals surface area contributed by atoms with Crippen molar-refractivity contribution >= 4 is 17.7 Å². The molecular weight excluding hydrogens is 306 g/mol. The maximum absolute atomic E-state index is 13.1. The molecule has 2 saturated heterocycles. The van der Waals surface area contributed by atoms with E-state index < -0.39 is 0 Å². The summed E-state index contributed by atoms with van der Waals surface area (Å²) in [4.78, 5) is 15.3. The summed E-state index contributed by atoms with van der Waals surface area (Å²) in [5.74, 6) is 2.26. The van der Waals surface area contributed by atoms with Crippen LogP contribution in [0.25, 0.3) is 0 Å². The highest BCUT2D eigenvalue weighted by Gasteiger charge is 2.47. The van der Waals surface area contributed by atoms with Gasteiger partial charge < -0.3 is 4.90 Å². The van der Waals surface area contributed by atoms with E-state index in [4.69, 9.17) is 0 Å². The van der Waals surface area contributed by atoms with Gasteiger partial charge in [-0.2, -0.15) is 11.8 Å². The zero-order valence-electron chi connectivity index (χ0n) is 13.4. The maximum atomic E-state index is 13.1. The number of carbonyl (C=O) groups is 1. The number of hydrogen-bond acceptors (Lipinski definition) is 4. The minimum atomic E-state index is 0.199. The molecule has 1 amide bonds. The molecule has 3 atom stereocenters. The van der Waals surface area contributed by atoms with E-state index in [2.05, 4.69) is 40.0 Å². The molecule has 1 aromatic carbocycles. The Morgan fingerprint density at radius 1 is 1.22 bits per heavy atom. The summed E-state index contributed by atoms with van der Waals surface area (Å²) in [7, 11) is 0. The van der Waals surface area contributed by atoms with Gasteiger partial charge in [0.2, 0.25) is 5.91 Å². The number of rotatable bonds is 5. The van der Waals surface area contributed by atoms with Gasteiger partial charge in [-0.3, -0.25) is 15.6 Å². The molecule has 1 aliphatic carbocycles. The molecule has 4 rings (SSSR count). The first kappa shape index (κ1) is 15.5. The lowest BCUT2D eigenvalue weighted by molar-refractivity contribution is -0.134. The van der Waals surface area contributed by atoms with Crippen molar-refractivity contribution in [3.05, 3.63) is 35.9 Å². The predicted octanol–water partition coefficient (Wildman–Crippen LogP) is 1.99. The van der Waals surface area contributed by atoms with E-state index in [1.54, 1.807) is 0 Å². The largest absolute Gasteiger partial charge is 0.336 e. The van der Waals surface area contributed by atoms with E-state index in [9.17, 15) is 4.79 Å². The molecule has 1 aromatic rings. The van der Waals surface area contributed by atoms with Crippen LogP contribution in [0.1, 0.15) is 30.7 Å². The Morgan fingerprint density at radius 2 is 2.00 bits per heavy atom. The molecule has 124 valence electrons. The second-order valence-corrected chi connectivity index (χ2v) is 8.31. The third kappa shape index (κ3) is 3.42. The van der Waals surface area contributed by atoms with Gasteiger partial charge in [0.05, 0.1) is 6.04 Å². The van der Waals surface area contributed by atoms with Crippen LogP contribution in [0.4, 0.5) is 0 Å². The zero-order valence-corrected chi connectivity index (χ0v) is 14.2. The molecule has 0 spiro atoms. The van der Waals surface area contributed by atoms with E-state index >= 15 is 0 Å². The number of hydrogen-bond donors (Lipinski definition) is 2. The van der Waals surface area contributed by atoms with E-state index in [1.165, 1.54) is 24.2 Å². The Kier molecular flexibility index (Phi) is 4.60. The molecule has 3 aliphatic rings. The molecular formula is C18H25N3OS. The normalized spacial score (nSPS) is 30.5. The van der Waals surface area contributed by atoms with E-state index in [0.29, 0.717) is 23.1 Å². The molecule has 5 heteroatoms. The number of hydrazine groups is 1. The van der Waals surface area contributed by atoms with Crippen LogP contribution in [-0.2, 0) is 4.79 Å². The molecule has 0 radical (unpaired) electrons. The third-order valence-corrected chi connectivity index (χ3v) is 6.66. The van der Waals surface area contributed by atoms with Crippen LogP contribution in [0.2, 0.25) is 0 Å². The lowest BCUT2D eigenvalue weighted by Gasteiger charge is -2.30. The van der Waals surface area contributed by atoms with Crippen LogP contribution >= 0.6 is 11.8 Å². The summed E-state index contributed by atoms with van der Waals surface area (Å²) in [6.45, 7) is 2.66. The van der Waals surface area contributed by atoms with Gasteiger partial charge in [-0.05, 0) is 36.5 Å². The molecule has 23 heavy (non-hydrogen) atoms. The highest BCUT2D eigenvalue weighted by atomic mass is 32.2. The molecule has 0 bridgehead atoms. The number of thioether (sulfide) groups is 1. The van der Waals surface area contributed by atoms with Crippen LogP contribution in [0.3, 0.4) is 0 Å². The van der Waals surface area contributed by atoms with Crippen molar-refractivity contribution in [1.82, 2.24) is 15.8 Å². The smallest absolute Gasteiger partial charge is 0.226 e. The van der Waals surface area contributed by atoms with E-state index in [-0.39, 0.29) is 5.92 Å². The first-order valence-electron chi connectivity index (χ1n) is 8.75. The number of nitrogens with one attached hydrogen (secondary N) is 2. The first-order chi connectivity index (χ1) is 11.3. The van der Waals surface area contributed by atoms with E-state index in [0.717, 1.165) is 26.1 Å². The summed E-state index contributed by atoms with van der Waals surface area (Å²) in [5.41, 5.74) is 7.69. The van der Waals surface area contributed by atoms with Gasteiger partial charge in [-0.1, -0.05) is 30.3 Å². The van der Waals surface area contributed by atoms with Gasteiger partial charge in [-0.15, -0.1) is 0 Å². The van der Waals surface area contributed by atoms with Gasteiger partial charge in [0.1, 0.15) is 0 Å². The van der Waals surface area contributed by atoms with Crippen molar-refractivity contribution in [2.45, 2.75) is 36.5 Å². The standard InChI is InChI=1S/C18H25N3OS/c22-18(17-9-16(17)13-5-2-1-3-6-13)21(14-10-19-20-11-14)12-15-7-4-8-23-15/h1-3,5-6,14-17,19-20H,4,7-12H2/t15?,16-,17+/m1/s1. The quantitative estimate of drug-likeness (QED) is 0.866. The summed E-state index contributed by atoms with van der Waals surface area (Å²) in [6.07, 6.45) is 3.58. The highest BCUT2D eigenvalue weighted by molar-refractivity contribution is 8.00. The summed E-state index contributed by atoms with van der Waals surface area (Å²) < 4.78 is 0. The van der Waals surface area contributed by atoms with Crippen molar-refractivity contribution in [3.63, 3.8) is 0 Å². The molecule has 4 nitrogen and oxygen atoms in total. The van der Waals surface area contributed by atoms with Crippen LogP contribution < -0.4 is 10.9 Å². The second kappa shape index (κ2) is 6.83. The van der Waals surface area contributed by atoms with Crippen molar-refractivity contribution in [1.29, 1.82) is 0 Å². The fraction of sp³-hybridized carbons (Fsp3) is 0.611. The van der Waals surface area contributed by atoms with E-state index in [1.807, 2.05) is 17.8 Å². The van der Waals surface area contributed by atoms with Gasteiger partial charge in [0, 0.05) is 30.8 Å². The second-order valence-electron chi connectivity index (χ2n) is 6.90. The average molecular weight is 331 g/mol. The lowest BCUT2D eigenvalue weighted by atomic mass is 10.1. The SMILES string of the molecule is O=C([C@H]1C[C@@H]1c1ccccc1)N(CC1CCCS1)C1CNNC1. The van der Waals surface area contributed by atoms with Gasteiger partial charge in [0.25, 0.3) is 0 Å². The monoisotopic (exact) mass is 331 g/mol. The van der Waals surface area contributed by atoms with Crippen molar-refractivity contribution < 1.29 is 4.79 Å². The van der Waals surface area contributed by atoms with Gasteiger partial charge in [0.15, 0.2) is 0 Å². The Bertz CT molecular complexity index is 540. The van der Waals surface area contributed by atoms with Gasteiger partial charge >= 0.3 is 0 Å². The highest BCUT2D eigenvalue weighted by Crippen LogP contribution is 2.48. The maximum Gasteiger partial charge on any atom is 0.226 e. The molecule has 2 N–H and O–H groups in total. The summed E-state index contributed by atoms with van der Waals surface area (Å²) >= 11 is 2.04. The fourth-order valence-electron chi connectivity index (χ4n) is 3.85.